The van der Waals surface area contributed by atoms with Crippen molar-refractivity contribution in [2.45, 2.75) is 69.9 Å². The minimum atomic E-state index is -3.46. The first-order valence-corrected chi connectivity index (χ1v) is 13.8. The van der Waals surface area contributed by atoms with Gasteiger partial charge in [-0.15, -0.1) is 0 Å². The van der Waals surface area contributed by atoms with Crippen molar-refractivity contribution < 1.29 is 28.2 Å². The lowest BCUT2D eigenvalue weighted by Crippen LogP contribution is -2.62. The number of nitrogens with one attached hydrogen (secondary N) is 2. The molecule has 1 saturated heterocycles. The van der Waals surface area contributed by atoms with Crippen LogP contribution in [0.25, 0.3) is 0 Å². The van der Waals surface area contributed by atoms with Crippen LogP contribution in [0, 0.1) is 0 Å². The molecular weight excluding hydrogens is 472 g/mol. The average Bonchev–Trinajstić information content (AvgIpc) is 3.05. The fourth-order valence-corrected chi connectivity index (χ4v) is 5.50. The number of aliphatic hydroxyl groups excluding tert-OH is 2. The van der Waals surface area contributed by atoms with E-state index < -0.39 is 39.9 Å². The molecule has 0 saturated carbocycles. The Hall–Kier alpha value is -2.05. The second-order valence-corrected chi connectivity index (χ2v) is 12.6. The fraction of sp³-hybridized carbons (Fsp3) is 0.667. The van der Waals surface area contributed by atoms with Crippen molar-refractivity contribution in [1.29, 1.82) is 0 Å². The maximum atomic E-state index is 12.9. The van der Waals surface area contributed by atoms with E-state index in [0.29, 0.717) is 13.0 Å². The van der Waals surface area contributed by atoms with Crippen molar-refractivity contribution in [3.63, 3.8) is 0 Å². The summed E-state index contributed by atoms with van der Waals surface area (Å²) in [4.78, 5) is 27.3. The van der Waals surface area contributed by atoms with Gasteiger partial charge in [0.25, 0.3) is 0 Å². The Bertz CT molecular complexity index is 1030. The highest BCUT2D eigenvalue weighted by atomic mass is 32.2. The first-order valence-electron chi connectivity index (χ1n) is 12.0. The van der Waals surface area contributed by atoms with Crippen molar-refractivity contribution >= 4 is 21.8 Å². The van der Waals surface area contributed by atoms with E-state index in [1.807, 2.05) is 45.0 Å². The van der Waals surface area contributed by atoms with Gasteiger partial charge in [0.2, 0.25) is 21.8 Å². The highest BCUT2D eigenvalue weighted by Gasteiger charge is 2.37. The number of hydrogen-bond acceptors (Lipinski definition) is 7. The molecule has 0 aromatic heterocycles. The molecule has 4 N–H and O–H groups in total. The van der Waals surface area contributed by atoms with Crippen LogP contribution in [0.15, 0.2) is 24.3 Å². The summed E-state index contributed by atoms with van der Waals surface area (Å²) >= 11 is 0. The van der Waals surface area contributed by atoms with Crippen LogP contribution in [0.4, 0.5) is 0 Å². The maximum Gasteiger partial charge on any atom is 0.239 e. The third-order valence-electron chi connectivity index (χ3n) is 6.39. The second kappa shape index (κ2) is 10.9. The summed E-state index contributed by atoms with van der Waals surface area (Å²) in [6, 6.07) is 6.39. The molecule has 2 aliphatic rings. The van der Waals surface area contributed by atoms with E-state index >= 15 is 0 Å². The van der Waals surface area contributed by atoms with E-state index in [-0.39, 0.29) is 44.3 Å². The van der Waals surface area contributed by atoms with Crippen molar-refractivity contribution in [1.82, 2.24) is 19.8 Å². The van der Waals surface area contributed by atoms with Crippen LogP contribution in [0.1, 0.15) is 50.8 Å². The van der Waals surface area contributed by atoms with Gasteiger partial charge in [-0.2, -0.15) is 4.31 Å². The van der Waals surface area contributed by atoms with E-state index in [2.05, 4.69) is 10.6 Å². The molecule has 1 aromatic rings. The molecular formula is C24H38N4O6S. The van der Waals surface area contributed by atoms with Crippen LogP contribution in [0.3, 0.4) is 0 Å². The molecule has 11 heteroatoms. The summed E-state index contributed by atoms with van der Waals surface area (Å²) in [6.45, 7) is 6.21. The lowest BCUT2D eigenvalue weighted by Gasteiger charge is -2.41. The zero-order chi connectivity index (χ0) is 26.0. The molecule has 196 valence electrons. The molecule has 10 nitrogen and oxygen atoms in total. The van der Waals surface area contributed by atoms with Crippen LogP contribution in [0.2, 0.25) is 0 Å². The molecule has 4 atom stereocenters. The highest BCUT2D eigenvalue weighted by molar-refractivity contribution is 7.88. The third-order valence-corrected chi connectivity index (χ3v) is 7.66. The average molecular weight is 511 g/mol. The summed E-state index contributed by atoms with van der Waals surface area (Å²) < 4.78 is 25.4. The van der Waals surface area contributed by atoms with Gasteiger partial charge < -0.3 is 20.8 Å². The second-order valence-electron chi connectivity index (χ2n) is 10.6. The third kappa shape index (κ3) is 7.47. The quantitative estimate of drug-likeness (QED) is 0.379. The summed E-state index contributed by atoms with van der Waals surface area (Å²) in [6.07, 6.45) is 0.284. The molecule has 1 fully saturated rings. The van der Waals surface area contributed by atoms with Crippen LogP contribution in [-0.4, -0.2) is 95.9 Å². The monoisotopic (exact) mass is 510 g/mol. The van der Waals surface area contributed by atoms with Crippen molar-refractivity contribution in [2.24, 2.45) is 0 Å². The minimum absolute atomic E-state index is 0.00688. The standard InChI is InChI=1S/C24H38N4O6S/c1-24(2,3)26-23(32)19-15-28(35(4,33)34)12-11-27(19)14-17(29)9-10-21(31)25-22-18-8-6-5-7-16(18)13-20(22)30/h5-8,17,19-20,22,29-30H,9-15H2,1-4H3,(H,25,31)(H,26,32)/t17-,19-,20+,22-/m0/s1. The summed E-state index contributed by atoms with van der Waals surface area (Å²) in [5.74, 6) is -0.571. The number of carbonyl (C=O) groups excluding carboxylic acids is 2. The normalized spacial score (nSPS) is 24.6. The molecule has 35 heavy (non-hydrogen) atoms. The Morgan fingerprint density at radius 1 is 1.20 bits per heavy atom. The van der Waals surface area contributed by atoms with Gasteiger partial charge in [-0.3, -0.25) is 14.5 Å². The minimum Gasteiger partial charge on any atom is -0.392 e. The molecule has 2 amide bonds. The first-order chi connectivity index (χ1) is 16.2. The number of β-amino-alcohol motifs (C(OH)–C–C–N with tert-alkyl or cyclic N) is 1. The SMILES string of the molecule is CC(C)(C)NC(=O)[C@@H]1CN(S(C)(=O)=O)CCN1C[C@@H](O)CCC(=O)N[C@H]1c2ccccc2C[C@H]1O. The molecule has 0 spiro atoms. The van der Waals surface area contributed by atoms with E-state index in [0.717, 1.165) is 17.4 Å². The zero-order valence-electron chi connectivity index (χ0n) is 20.9. The Morgan fingerprint density at radius 2 is 1.89 bits per heavy atom. The summed E-state index contributed by atoms with van der Waals surface area (Å²) in [5.41, 5.74) is 1.43. The number of nitrogens with zero attached hydrogens (tertiary/aromatic N) is 2. The molecule has 0 radical (unpaired) electrons. The van der Waals surface area contributed by atoms with Crippen LogP contribution in [0.5, 0.6) is 0 Å². The first kappa shape index (κ1) is 27.5. The lowest BCUT2D eigenvalue weighted by molar-refractivity contribution is -0.130. The largest absolute Gasteiger partial charge is 0.392 e. The number of hydrogen-bond donors (Lipinski definition) is 4. The van der Waals surface area contributed by atoms with E-state index in [1.54, 1.807) is 4.90 Å². The maximum absolute atomic E-state index is 12.9. The number of rotatable bonds is 8. The lowest BCUT2D eigenvalue weighted by atomic mass is 10.1. The van der Waals surface area contributed by atoms with Gasteiger partial charge in [-0.05, 0) is 38.3 Å². The van der Waals surface area contributed by atoms with Gasteiger partial charge >= 0.3 is 0 Å². The number of piperazine rings is 1. The van der Waals surface area contributed by atoms with Gasteiger partial charge in [0, 0.05) is 44.6 Å². The zero-order valence-corrected chi connectivity index (χ0v) is 21.7. The number of aliphatic hydroxyl groups is 2. The van der Waals surface area contributed by atoms with E-state index in [1.165, 1.54) is 4.31 Å². The predicted molar refractivity (Wildman–Crippen MR) is 132 cm³/mol. The van der Waals surface area contributed by atoms with Gasteiger partial charge in [0.1, 0.15) is 6.04 Å². The molecule has 3 rings (SSSR count). The van der Waals surface area contributed by atoms with Crippen LogP contribution >= 0.6 is 0 Å². The Labute approximate surface area is 207 Å². The molecule has 1 aliphatic heterocycles. The Balaban J connectivity index is 1.56. The van der Waals surface area contributed by atoms with Gasteiger partial charge in [0.15, 0.2) is 0 Å². The van der Waals surface area contributed by atoms with Gasteiger partial charge in [-0.25, -0.2) is 8.42 Å². The van der Waals surface area contributed by atoms with E-state index in [9.17, 15) is 28.2 Å². The number of fused-ring (bicyclic) bond motifs is 1. The Kier molecular flexibility index (Phi) is 8.59. The van der Waals surface area contributed by atoms with Crippen molar-refractivity contribution in [3.8, 4) is 0 Å². The van der Waals surface area contributed by atoms with Crippen LogP contribution in [-0.2, 0) is 26.0 Å². The molecule has 0 unspecified atom stereocenters. The topological polar surface area (TPSA) is 139 Å². The molecule has 1 heterocycles. The number of carbonyl (C=O) groups is 2. The summed E-state index contributed by atoms with van der Waals surface area (Å²) in [5, 5.41) is 26.7. The smallest absolute Gasteiger partial charge is 0.239 e. The molecule has 0 bridgehead atoms. The van der Waals surface area contributed by atoms with Crippen molar-refractivity contribution in [2.75, 3.05) is 32.4 Å². The highest BCUT2D eigenvalue weighted by Crippen LogP contribution is 2.31. The Morgan fingerprint density at radius 3 is 2.54 bits per heavy atom. The number of benzene rings is 1. The number of amides is 2. The predicted octanol–water partition coefficient (Wildman–Crippen LogP) is -0.237. The van der Waals surface area contributed by atoms with Gasteiger partial charge in [0.05, 0.1) is 24.5 Å². The van der Waals surface area contributed by atoms with Crippen LogP contribution < -0.4 is 10.6 Å². The number of sulfonamides is 1. The summed E-state index contributed by atoms with van der Waals surface area (Å²) in [7, 11) is -3.46. The fourth-order valence-electron chi connectivity index (χ4n) is 4.67. The molecule has 1 aromatic carbocycles. The molecule has 1 aliphatic carbocycles. The van der Waals surface area contributed by atoms with E-state index in [4.69, 9.17) is 0 Å². The van der Waals surface area contributed by atoms with Crippen molar-refractivity contribution in [3.05, 3.63) is 35.4 Å². The van der Waals surface area contributed by atoms with Gasteiger partial charge in [-0.1, -0.05) is 24.3 Å².